The van der Waals surface area contributed by atoms with Crippen molar-refractivity contribution in [3.8, 4) is 0 Å². The summed E-state index contributed by atoms with van der Waals surface area (Å²) in [6.07, 6.45) is 0. The molecule has 0 unspecified atom stereocenters. The van der Waals surface area contributed by atoms with Crippen LogP contribution in [0, 0.1) is 3.57 Å². The van der Waals surface area contributed by atoms with Crippen LogP contribution >= 0.6 is 34.2 Å². The minimum absolute atomic E-state index is 0.0877. The highest BCUT2D eigenvalue weighted by Crippen LogP contribution is 2.20. The van der Waals surface area contributed by atoms with Gasteiger partial charge in [0.05, 0.1) is 10.5 Å². The number of anilines is 2. The molecule has 0 atom stereocenters. The van der Waals surface area contributed by atoms with E-state index >= 15 is 0 Å². The van der Waals surface area contributed by atoms with E-state index in [1.807, 2.05) is 12.1 Å². The molecule has 0 saturated carbocycles. The molecular formula is C19H14ClIN2O3S. The van der Waals surface area contributed by atoms with E-state index in [1.54, 1.807) is 48.5 Å². The zero-order chi connectivity index (χ0) is 19.4. The summed E-state index contributed by atoms with van der Waals surface area (Å²) in [7, 11) is -3.74. The molecule has 3 aromatic rings. The average Bonchev–Trinajstić information content (AvgIpc) is 2.64. The van der Waals surface area contributed by atoms with E-state index in [0.29, 0.717) is 22.0 Å². The molecule has 1 amide bonds. The van der Waals surface area contributed by atoms with Gasteiger partial charge in [0.25, 0.3) is 15.9 Å². The fourth-order valence-electron chi connectivity index (χ4n) is 2.29. The van der Waals surface area contributed by atoms with Gasteiger partial charge in [-0.05, 0) is 83.3 Å². The van der Waals surface area contributed by atoms with Crippen molar-refractivity contribution in [3.63, 3.8) is 0 Å². The number of rotatable bonds is 5. The summed E-state index contributed by atoms with van der Waals surface area (Å²) >= 11 is 7.89. The van der Waals surface area contributed by atoms with Crippen LogP contribution in [0.2, 0.25) is 5.02 Å². The standard InChI is InChI=1S/C19H14ClIN2O3S/c20-13-5-7-15(8-6-13)23-27(25,26)16-11-9-14(10-12-16)22-19(24)17-3-1-2-4-18(17)21/h1-12,23H,(H,22,24). The van der Waals surface area contributed by atoms with Gasteiger partial charge in [-0.25, -0.2) is 8.42 Å². The smallest absolute Gasteiger partial charge is 0.261 e. The Bertz CT molecular complexity index is 1070. The summed E-state index contributed by atoms with van der Waals surface area (Å²) in [5.74, 6) is -0.255. The fourth-order valence-corrected chi connectivity index (χ4v) is 4.11. The number of hydrogen-bond donors (Lipinski definition) is 2. The predicted molar refractivity (Wildman–Crippen MR) is 116 cm³/mol. The summed E-state index contributed by atoms with van der Waals surface area (Å²) in [6.45, 7) is 0. The van der Waals surface area contributed by atoms with Gasteiger partial charge in [0.2, 0.25) is 0 Å². The van der Waals surface area contributed by atoms with E-state index in [9.17, 15) is 13.2 Å². The second-order valence-corrected chi connectivity index (χ2v) is 8.85. The first-order valence-electron chi connectivity index (χ1n) is 7.79. The van der Waals surface area contributed by atoms with E-state index in [0.717, 1.165) is 3.57 Å². The molecule has 0 radical (unpaired) electrons. The Morgan fingerprint density at radius 2 is 1.44 bits per heavy atom. The summed E-state index contributed by atoms with van der Waals surface area (Å²) < 4.78 is 28.2. The molecule has 0 spiro atoms. The monoisotopic (exact) mass is 512 g/mol. The number of carbonyl (C=O) groups excluding carboxylic acids is 1. The van der Waals surface area contributed by atoms with Crippen LogP contribution in [0.3, 0.4) is 0 Å². The van der Waals surface area contributed by atoms with Gasteiger partial charge in [-0.1, -0.05) is 23.7 Å². The number of halogens is 2. The van der Waals surface area contributed by atoms with Crippen LogP contribution in [0.4, 0.5) is 11.4 Å². The lowest BCUT2D eigenvalue weighted by Gasteiger charge is -2.10. The SMILES string of the molecule is O=C(Nc1ccc(S(=O)(=O)Nc2ccc(Cl)cc2)cc1)c1ccccc1I. The Kier molecular flexibility index (Phi) is 6.03. The number of hydrogen-bond acceptors (Lipinski definition) is 3. The Hall–Kier alpha value is -2.10. The van der Waals surface area contributed by atoms with Crippen molar-refractivity contribution in [1.29, 1.82) is 0 Å². The zero-order valence-electron chi connectivity index (χ0n) is 13.8. The van der Waals surface area contributed by atoms with Gasteiger partial charge in [-0.15, -0.1) is 0 Å². The normalized spacial score (nSPS) is 11.0. The third kappa shape index (κ3) is 5.00. The minimum atomic E-state index is -3.74. The maximum atomic E-state index is 12.5. The lowest BCUT2D eigenvalue weighted by atomic mass is 10.2. The third-order valence-corrected chi connectivity index (χ3v) is 6.23. The van der Waals surface area contributed by atoms with E-state index < -0.39 is 10.0 Å². The van der Waals surface area contributed by atoms with Crippen LogP contribution in [-0.4, -0.2) is 14.3 Å². The van der Waals surface area contributed by atoms with Gasteiger partial charge < -0.3 is 5.32 Å². The lowest BCUT2D eigenvalue weighted by Crippen LogP contribution is -2.14. The topological polar surface area (TPSA) is 75.3 Å². The van der Waals surface area contributed by atoms with Gasteiger partial charge in [0.1, 0.15) is 0 Å². The molecule has 0 aliphatic heterocycles. The number of benzene rings is 3. The third-order valence-electron chi connectivity index (χ3n) is 3.64. The Morgan fingerprint density at radius 1 is 0.852 bits per heavy atom. The second-order valence-electron chi connectivity index (χ2n) is 5.57. The molecule has 0 bridgehead atoms. The van der Waals surface area contributed by atoms with E-state index in [2.05, 4.69) is 32.6 Å². The van der Waals surface area contributed by atoms with Crippen LogP contribution in [-0.2, 0) is 10.0 Å². The van der Waals surface area contributed by atoms with Crippen molar-refractivity contribution < 1.29 is 13.2 Å². The maximum absolute atomic E-state index is 12.5. The van der Waals surface area contributed by atoms with Crippen LogP contribution < -0.4 is 10.0 Å². The highest BCUT2D eigenvalue weighted by molar-refractivity contribution is 14.1. The number of carbonyl (C=O) groups is 1. The molecule has 0 saturated heterocycles. The van der Waals surface area contributed by atoms with Gasteiger partial charge in [-0.3, -0.25) is 9.52 Å². The first-order valence-corrected chi connectivity index (χ1v) is 10.7. The molecule has 0 aromatic heterocycles. The first-order chi connectivity index (χ1) is 12.8. The molecule has 8 heteroatoms. The molecular weight excluding hydrogens is 499 g/mol. The van der Waals surface area contributed by atoms with Gasteiger partial charge in [0.15, 0.2) is 0 Å². The summed E-state index contributed by atoms with van der Waals surface area (Å²) in [4.78, 5) is 12.4. The van der Waals surface area contributed by atoms with E-state index in [4.69, 9.17) is 11.6 Å². The molecule has 3 aromatic carbocycles. The highest BCUT2D eigenvalue weighted by atomic mass is 127. The Morgan fingerprint density at radius 3 is 2.07 bits per heavy atom. The van der Waals surface area contributed by atoms with Gasteiger partial charge >= 0.3 is 0 Å². The zero-order valence-corrected chi connectivity index (χ0v) is 17.5. The average molecular weight is 513 g/mol. The summed E-state index contributed by atoms with van der Waals surface area (Å²) in [6, 6.07) is 19.5. The van der Waals surface area contributed by atoms with Crippen LogP contribution in [0.1, 0.15) is 10.4 Å². The van der Waals surface area contributed by atoms with Crippen molar-refractivity contribution in [2.75, 3.05) is 10.0 Å². The van der Waals surface area contributed by atoms with Crippen molar-refractivity contribution in [1.82, 2.24) is 0 Å². The molecule has 0 heterocycles. The highest BCUT2D eigenvalue weighted by Gasteiger charge is 2.15. The van der Waals surface area contributed by atoms with Crippen molar-refractivity contribution in [2.24, 2.45) is 0 Å². The summed E-state index contributed by atoms with van der Waals surface area (Å²) in [5.41, 5.74) is 1.47. The van der Waals surface area contributed by atoms with Gasteiger partial charge in [0, 0.05) is 20.0 Å². The molecule has 138 valence electrons. The van der Waals surface area contributed by atoms with Crippen LogP contribution in [0.5, 0.6) is 0 Å². The van der Waals surface area contributed by atoms with Crippen LogP contribution in [0.15, 0.2) is 77.7 Å². The molecule has 27 heavy (non-hydrogen) atoms. The quantitative estimate of drug-likeness (QED) is 0.473. The number of sulfonamides is 1. The summed E-state index contributed by atoms with van der Waals surface area (Å²) in [5, 5.41) is 3.28. The molecule has 3 rings (SSSR count). The Balaban J connectivity index is 1.73. The van der Waals surface area contributed by atoms with Crippen molar-refractivity contribution >= 4 is 61.5 Å². The Labute approximate surface area is 175 Å². The lowest BCUT2D eigenvalue weighted by molar-refractivity contribution is 0.102. The molecule has 0 aliphatic carbocycles. The first kappa shape index (κ1) is 19.7. The van der Waals surface area contributed by atoms with E-state index in [1.165, 1.54) is 12.1 Å². The second kappa shape index (κ2) is 8.28. The largest absolute Gasteiger partial charge is 0.322 e. The minimum Gasteiger partial charge on any atom is -0.322 e. The molecule has 0 fully saturated rings. The molecule has 5 nitrogen and oxygen atoms in total. The van der Waals surface area contributed by atoms with E-state index in [-0.39, 0.29) is 10.8 Å². The molecule has 0 aliphatic rings. The number of nitrogens with one attached hydrogen (secondary N) is 2. The predicted octanol–water partition coefficient (Wildman–Crippen LogP) is 5.00. The maximum Gasteiger partial charge on any atom is 0.261 e. The fraction of sp³-hybridized carbons (Fsp3) is 0. The number of amides is 1. The van der Waals surface area contributed by atoms with Crippen molar-refractivity contribution in [3.05, 3.63) is 87.0 Å². The van der Waals surface area contributed by atoms with Crippen molar-refractivity contribution in [2.45, 2.75) is 4.90 Å². The van der Waals surface area contributed by atoms with Gasteiger partial charge in [-0.2, -0.15) is 0 Å². The van der Waals surface area contributed by atoms with Crippen LogP contribution in [0.25, 0.3) is 0 Å². The molecule has 2 N–H and O–H groups in total.